The van der Waals surface area contributed by atoms with Gasteiger partial charge < -0.3 is 10.6 Å². The molecule has 6 nitrogen and oxygen atoms in total. The van der Waals surface area contributed by atoms with E-state index in [1.54, 1.807) is 0 Å². The summed E-state index contributed by atoms with van der Waals surface area (Å²) >= 11 is 0. The van der Waals surface area contributed by atoms with Gasteiger partial charge in [0, 0.05) is 11.8 Å². The van der Waals surface area contributed by atoms with Crippen molar-refractivity contribution in [3.63, 3.8) is 0 Å². The Morgan fingerprint density at radius 2 is 1.95 bits per heavy atom. The van der Waals surface area contributed by atoms with Crippen molar-refractivity contribution in [2.45, 2.75) is 31.3 Å². The maximum Gasteiger partial charge on any atom is 0.238 e. The zero-order valence-corrected chi connectivity index (χ0v) is 12.3. The molecule has 0 aliphatic rings. The fourth-order valence-corrected chi connectivity index (χ4v) is 1.78. The monoisotopic (exact) mass is 285 g/mol. The van der Waals surface area contributed by atoms with Crippen LogP contribution in [0.2, 0.25) is 0 Å². The molecule has 1 heterocycles. The molecule has 0 spiro atoms. The highest BCUT2D eigenvalue weighted by Crippen LogP contribution is 2.10. The summed E-state index contributed by atoms with van der Waals surface area (Å²) < 4.78 is 22.4. The fraction of sp³-hybridized carbons (Fsp3) is 0.500. The van der Waals surface area contributed by atoms with E-state index in [0.29, 0.717) is 5.69 Å². The third kappa shape index (κ3) is 5.80. The lowest BCUT2D eigenvalue weighted by Gasteiger charge is -2.19. The molecule has 106 valence electrons. The average molecular weight is 285 g/mol. The minimum absolute atomic E-state index is 0.0154. The molecule has 0 saturated heterocycles. The first-order valence-electron chi connectivity index (χ1n) is 5.79. The Morgan fingerprint density at radius 3 is 2.37 bits per heavy atom. The van der Waals surface area contributed by atoms with Gasteiger partial charge in [0.1, 0.15) is 0 Å². The third-order valence-electron chi connectivity index (χ3n) is 2.18. The molecule has 1 aromatic rings. The van der Waals surface area contributed by atoms with Gasteiger partial charge in [-0.25, -0.2) is 13.4 Å². The van der Waals surface area contributed by atoms with Gasteiger partial charge in [-0.1, -0.05) is 0 Å². The number of anilines is 1. The van der Waals surface area contributed by atoms with Gasteiger partial charge in [0.25, 0.3) is 0 Å². The molecule has 0 aliphatic carbocycles. The Balaban J connectivity index is 2.61. The highest BCUT2D eigenvalue weighted by Gasteiger charge is 2.12. The third-order valence-corrected chi connectivity index (χ3v) is 3.18. The van der Waals surface area contributed by atoms with Gasteiger partial charge in [-0.3, -0.25) is 4.79 Å². The van der Waals surface area contributed by atoms with Crippen LogP contribution in [0.25, 0.3) is 0 Å². The molecule has 0 atom stereocenters. The molecule has 19 heavy (non-hydrogen) atoms. The van der Waals surface area contributed by atoms with Crippen molar-refractivity contribution in [1.29, 1.82) is 0 Å². The minimum Gasteiger partial charge on any atom is -0.324 e. The molecule has 0 saturated carbocycles. The van der Waals surface area contributed by atoms with Gasteiger partial charge in [0.05, 0.1) is 18.4 Å². The van der Waals surface area contributed by atoms with Crippen LogP contribution in [0.4, 0.5) is 5.69 Å². The van der Waals surface area contributed by atoms with Crippen molar-refractivity contribution >= 4 is 21.4 Å². The van der Waals surface area contributed by atoms with E-state index < -0.39 is 9.84 Å². The Labute approximate surface area is 113 Å². The minimum atomic E-state index is -3.31. The molecule has 0 aliphatic heterocycles. The quantitative estimate of drug-likeness (QED) is 0.854. The molecule has 1 rings (SSSR count). The lowest BCUT2D eigenvalue weighted by molar-refractivity contribution is -0.115. The predicted molar refractivity (Wildman–Crippen MR) is 73.7 cm³/mol. The molecule has 1 amide bonds. The van der Waals surface area contributed by atoms with E-state index >= 15 is 0 Å². The number of sulfone groups is 1. The summed E-state index contributed by atoms with van der Waals surface area (Å²) in [6, 6.07) is 2.88. The van der Waals surface area contributed by atoms with Crippen molar-refractivity contribution in [1.82, 2.24) is 10.3 Å². The zero-order valence-electron chi connectivity index (χ0n) is 11.5. The molecule has 2 N–H and O–H groups in total. The highest BCUT2D eigenvalue weighted by atomic mass is 32.2. The van der Waals surface area contributed by atoms with Crippen LogP contribution in [0, 0.1) is 0 Å². The lowest BCUT2D eigenvalue weighted by atomic mass is 10.1. The van der Waals surface area contributed by atoms with Crippen LogP contribution in [0.1, 0.15) is 20.8 Å². The van der Waals surface area contributed by atoms with Crippen LogP contribution in [0.3, 0.4) is 0 Å². The maximum absolute atomic E-state index is 11.6. The SMILES string of the molecule is CC(C)(C)NCC(=O)Nc1ccc(S(C)(=O)=O)nc1. The number of pyridine rings is 1. The number of hydrogen-bond acceptors (Lipinski definition) is 5. The normalized spacial score (nSPS) is 12.2. The van der Waals surface area contributed by atoms with Gasteiger partial charge in [0.15, 0.2) is 14.9 Å². The van der Waals surface area contributed by atoms with E-state index in [2.05, 4.69) is 15.6 Å². The summed E-state index contributed by atoms with van der Waals surface area (Å²) in [5, 5.41) is 5.67. The highest BCUT2D eigenvalue weighted by molar-refractivity contribution is 7.90. The lowest BCUT2D eigenvalue weighted by Crippen LogP contribution is -2.41. The Morgan fingerprint density at radius 1 is 1.32 bits per heavy atom. The van der Waals surface area contributed by atoms with Crippen molar-refractivity contribution < 1.29 is 13.2 Å². The topological polar surface area (TPSA) is 88.2 Å². The van der Waals surface area contributed by atoms with E-state index in [9.17, 15) is 13.2 Å². The Kier molecular flexibility index (Phi) is 4.65. The van der Waals surface area contributed by atoms with Gasteiger partial charge in [-0.05, 0) is 32.9 Å². The summed E-state index contributed by atoms with van der Waals surface area (Å²) in [5.41, 5.74) is 0.323. The van der Waals surface area contributed by atoms with Crippen LogP contribution in [-0.2, 0) is 14.6 Å². The first-order chi connectivity index (χ1) is 8.58. The van der Waals surface area contributed by atoms with Crippen molar-refractivity contribution in [2.24, 2.45) is 0 Å². The second-order valence-corrected chi connectivity index (χ2v) is 7.27. The van der Waals surface area contributed by atoms with Crippen LogP contribution in [0.15, 0.2) is 23.4 Å². The second-order valence-electron chi connectivity index (χ2n) is 5.31. The van der Waals surface area contributed by atoms with Crippen LogP contribution < -0.4 is 10.6 Å². The Bertz CT molecular complexity index is 545. The average Bonchev–Trinajstić information content (AvgIpc) is 2.25. The number of amides is 1. The summed E-state index contributed by atoms with van der Waals surface area (Å²) in [4.78, 5) is 15.4. The van der Waals surface area contributed by atoms with E-state index in [1.807, 2.05) is 20.8 Å². The van der Waals surface area contributed by atoms with Crippen molar-refractivity contribution in [2.75, 3.05) is 18.1 Å². The molecule has 0 unspecified atom stereocenters. The number of aromatic nitrogens is 1. The fourth-order valence-electron chi connectivity index (χ4n) is 1.22. The largest absolute Gasteiger partial charge is 0.324 e. The first-order valence-corrected chi connectivity index (χ1v) is 7.68. The number of hydrogen-bond donors (Lipinski definition) is 2. The van der Waals surface area contributed by atoms with Crippen LogP contribution >= 0.6 is 0 Å². The van der Waals surface area contributed by atoms with Gasteiger partial charge in [0.2, 0.25) is 5.91 Å². The molecular formula is C12H19N3O3S. The molecule has 0 fully saturated rings. The molecule has 0 aromatic carbocycles. The number of nitrogens with zero attached hydrogens (tertiary/aromatic N) is 1. The number of nitrogens with one attached hydrogen (secondary N) is 2. The van der Waals surface area contributed by atoms with E-state index in [0.717, 1.165) is 6.26 Å². The van der Waals surface area contributed by atoms with Crippen LogP contribution in [0.5, 0.6) is 0 Å². The van der Waals surface area contributed by atoms with E-state index in [-0.39, 0.29) is 23.0 Å². The van der Waals surface area contributed by atoms with Crippen molar-refractivity contribution in [3.8, 4) is 0 Å². The van der Waals surface area contributed by atoms with E-state index in [4.69, 9.17) is 0 Å². The summed E-state index contributed by atoms with van der Waals surface area (Å²) in [5.74, 6) is -0.205. The first kappa shape index (κ1) is 15.6. The van der Waals surface area contributed by atoms with E-state index in [1.165, 1.54) is 18.3 Å². The zero-order chi connectivity index (χ0) is 14.7. The maximum atomic E-state index is 11.6. The molecular weight excluding hydrogens is 266 g/mol. The van der Waals surface area contributed by atoms with Gasteiger partial charge in [-0.15, -0.1) is 0 Å². The molecule has 7 heteroatoms. The smallest absolute Gasteiger partial charge is 0.238 e. The Hall–Kier alpha value is -1.47. The number of carbonyl (C=O) groups excluding carboxylic acids is 1. The standard InChI is InChI=1S/C12H19N3O3S/c1-12(2,3)14-8-10(16)15-9-5-6-11(13-7-9)19(4,17)18/h5-7,14H,8H2,1-4H3,(H,15,16). The van der Waals surface area contributed by atoms with Gasteiger partial charge >= 0.3 is 0 Å². The summed E-state index contributed by atoms with van der Waals surface area (Å²) in [6.07, 6.45) is 2.41. The number of rotatable bonds is 4. The number of carbonyl (C=O) groups is 1. The summed E-state index contributed by atoms with van der Waals surface area (Å²) in [7, 11) is -3.31. The predicted octanol–water partition coefficient (Wildman–Crippen LogP) is 0.812. The molecule has 0 radical (unpaired) electrons. The molecule has 1 aromatic heterocycles. The second kappa shape index (κ2) is 5.66. The molecule has 0 bridgehead atoms. The van der Waals surface area contributed by atoms with Crippen LogP contribution in [-0.4, -0.2) is 37.6 Å². The van der Waals surface area contributed by atoms with Gasteiger partial charge in [-0.2, -0.15) is 0 Å². The summed E-state index contributed by atoms with van der Waals surface area (Å²) in [6.45, 7) is 6.06. The van der Waals surface area contributed by atoms with Crippen molar-refractivity contribution in [3.05, 3.63) is 18.3 Å².